The summed E-state index contributed by atoms with van der Waals surface area (Å²) in [5.41, 5.74) is 2.28. The van der Waals surface area contributed by atoms with Crippen LogP contribution in [-0.4, -0.2) is 62.0 Å². The molecule has 3 amide bonds. The molecule has 0 unspecified atom stereocenters. The first-order valence-electron chi connectivity index (χ1n) is 7.46. The van der Waals surface area contributed by atoms with Crippen LogP contribution in [0.15, 0.2) is 24.3 Å². The third-order valence-electron chi connectivity index (χ3n) is 4.03. The van der Waals surface area contributed by atoms with Crippen LogP contribution < -0.4 is 10.2 Å². The second-order valence-electron chi connectivity index (χ2n) is 5.87. The van der Waals surface area contributed by atoms with Crippen molar-refractivity contribution < 1.29 is 9.59 Å². The average Bonchev–Trinajstić information content (AvgIpc) is 2.92. The molecule has 0 saturated carbocycles. The summed E-state index contributed by atoms with van der Waals surface area (Å²) >= 11 is 0. The van der Waals surface area contributed by atoms with Crippen LogP contribution in [0.5, 0.6) is 0 Å². The number of nitrogens with one attached hydrogen (secondary N) is 1. The first kappa shape index (κ1) is 16.3. The summed E-state index contributed by atoms with van der Waals surface area (Å²) in [6.45, 7) is 3.48. The van der Waals surface area contributed by atoms with E-state index in [1.165, 1.54) is 4.90 Å². The average molecular weight is 304 g/mol. The zero-order valence-corrected chi connectivity index (χ0v) is 13.7. The topological polar surface area (TPSA) is 55.9 Å². The van der Waals surface area contributed by atoms with Gasteiger partial charge in [-0.25, -0.2) is 4.79 Å². The van der Waals surface area contributed by atoms with Gasteiger partial charge in [-0.05, 0) is 31.7 Å². The minimum absolute atomic E-state index is 0.151. The maximum absolute atomic E-state index is 12.3. The Hall–Kier alpha value is -2.08. The number of benzene rings is 1. The van der Waals surface area contributed by atoms with Crippen molar-refractivity contribution in [2.45, 2.75) is 19.5 Å². The summed E-state index contributed by atoms with van der Waals surface area (Å²) < 4.78 is 0. The van der Waals surface area contributed by atoms with Crippen LogP contribution in [0.4, 0.5) is 10.5 Å². The van der Waals surface area contributed by atoms with E-state index in [1.54, 1.807) is 0 Å². The number of anilines is 1. The van der Waals surface area contributed by atoms with Gasteiger partial charge in [0.2, 0.25) is 5.91 Å². The van der Waals surface area contributed by atoms with E-state index in [0.717, 1.165) is 11.3 Å². The van der Waals surface area contributed by atoms with Gasteiger partial charge in [0.25, 0.3) is 0 Å². The molecule has 1 atom stereocenters. The Balaban J connectivity index is 1.97. The maximum Gasteiger partial charge on any atom is 0.324 e. The van der Waals surface area contributed by atoms with Gasteiger partial charge >= 0.3 is 6.03 Å². The number of imide groups is 1. The van der Waals surface area contributed by atoms with E-state index in [1.807, 2.05) is 37.9 Å². The molecular formula is C16H24N4O2. The molecule has 22 heavy (non-hydrogen) atoms. The molecule has 1 aromatic rings. The Morgan fingerprint density at radius 2 is 1.91 bits per heavy atom. The fourth-order valence-electron chi connectivity index (χ4n) is 2.42. The number of likely N-dealkylation sites (N-methyl/N-ethyl adjacent to an activating group) is 1. The molecule has 2 rings (SSSR count). The summed E-state index contributed by atoms with van der Waals surface area (Å²) in [6, 6.07) is 7.61. The molecule has 0 bridgehead atoms. The number of carbonyl (C=O) groups excluding carboxylic acids is 2. The predicted octanol–water partition coefficient (Wildman–Crippen LogP) is 1.12. The smallest absolute Gasteiger partial charge is 0.324 e. The van der Waals surface area contributed by atoms with Crippen molar-refractivity contribution in [3.63, 3.8) is 0 Å². The normalized spacial score (nSPS) is 15.9. The van der Waals surface area contributed by atoms with Gasteiger partial charge in [-0.1, -0.05) is 12.1 Å². The minimum atomic E-state index is -0.336. The second kappa shape index (κ2) is 6.79. The van der Waals surface area contributed by atoms with Crippen molar-refractivity contribution in [2.24, 2.45) is 0 Å². The van der Waals surface area contributed by atoms with E-state index in [2.05, 4.69) is 29.6 Å². The zero-order valence-electron chi connectivity index (χ0n) is 13.7. The predicted molar refractivity (Wildman–Crippen MR) is 86.8 cm³/mol. The van der Waals surface area contributed by atoms with Gasteiger partial charge in [0.15, 0.2) is 0 Å². The van der Waals surface area contributed by atoms with Crippen molar-refractivity contribution >= 4 is 17.6 Å². The maximum atomic E-state index is 12.3. The highest BCUT2D eigenvalue weighted by atomic mass is 16.2. The van der Waals surface area contributed by atoms with Crippen molar-refractivity contribution in [2.75, 3.05) is 39.1 Å². The summed E-state index contributed by atoms with van der Waals surface area (Å²) in [6.07, 6.45) is 0. The lowest BCUT2D eigenvalue weighted by molar-refractivity contribution is -0.132. The summed E-state index contributed by atoms with van der Waals surface area (Å²) in [5, 5.41) is 2.65. The molecular weight excluding hydrogens is 280 g/mol. The monoisotopic (exact) mass is 304 g/mol. The molecule has 0 radical (unpaired) electrons. The van der Waals surface area contributed by atoms with Gasteiger partial charge in [-0.2, -0.15) is 0 Å². The van der Waals surface area contributed by atoms with Crippen LogP contribution in [0.3, 0.4) is 0 Å². The molecule has 1 heterocycles. The largest absolute Gasteiger partial charge is 0.378 e. The molecule has 6 heteroatoms. The molecule has 1 aliphatic rings. The van der Waals surface area contributed by atoms with Crippen molar-refractivity contribution in [1.82, 2.24) is 15.1 Å². The Labute approximate surface area is 131 Å². The number of rotatable bonds is 5. The van der Waals surface area contributed by atoms with Crippen LogP contribution in [0, 0.1) is 0 Å². The molecule has 1 aromatic carbocycles. The number of amides is 3. The van der Waals surface area contributed by atoms with E-state index in [0.29, 0.717) is 19.6 Å². The number of carbonyl (C=O) groups is 2. The van der Waals surface area contributed by atoms with Crippen LogP contribution in [0.25, 0.3) is 0 Å². The fourth-order valence-corrected chi connectivity index (χ4v) is 2.42. The lowest BCUT2D eigenvalue weighted by Gasteiger charge is -2.26. The summed E-state index contributed by atoms with van der Waals surface area (Å²) in [5.74, 6) is -0.151. The number of hydrogen-bond acceptors (Lipinski definition) is 4. The molecule has 1 aliphatic heterocycles. The van der Waals surface area contributed by atoms with Gasteiger partial charge in [0.1, 0.15) is 0 Å². The summed E-state index contributed by atoms with van der Waals surface area (Å²) in [4.78, 5) is 29.2. The van der Waals surface area contributed by atoms with E-state index >= 15 is 0 Å². The Bertz CT molecular complexity index is 542. The molecule has 0 spiro atoms. The first-order chi connectivity index (χ1) is 10.4. The van der Waals surface area contributed by atoms with Gasteiger partial charge in [0, 0.05) is 39.4 Å². The highest BCUT2D eigenvalue weighted by molar-refractivity contribution is 5.98. The highest BCUT2D eigenvalue weighted by Crippen LogP contribution is 2.15. The molecule has 1 N–H and O–H groups in total. The Kier molecular flexibility index (Phi) is 5.03. The van der Waals surface area contributed by atoms with Crippen LogP contribution in [0.2, 0.25) is 0 Å². The van der Waals surface area contributed by atoms with Gasteiger partial charge in [0.05, 0.1) is 6.04 Å². The summed E-state index contributed by atoms with van der Waals surface area (Å²) in [7, 11) is 5.91. The number of nitrogens with zero attached hydrogens (tertiary/aromatic N) is 3. The molecule has 6 nitrogen and oxygen atoms in total. The van der Waals surface area contributed by atoms with Gasteiger partial charge in [-0.15, -0.1) is 0 Å². The SMILES string of the molecule is C[C@@H](C(=O)N1CCNC1=O)N(C)Cc1ccc(N(C)C)cc1. The third kappa shape index (κ3) is 3.57. The lowest BCUT2D eigenvalue weighted by Crippen LogP contribution is -2.46. The Morgan fingerprint density at radius 1 is 1.27 bits per heavy atom. The van der Waals surface area contributed by atoms with Crippen molar-refractivity contribution in [3.05, 3.63) is 29.8 Å². The highest BCUT2D eigenvalue weighted by Gasteiger charge is 2.31. The zero-order chi connectivity index (χ0) is 16.3. The van der Waals surface area contributed by atoms with Crippen LogP contribution in [0.1, 0.15) is 12.5 Å². The molecule has 1 saturated heterocycles. The minimum Gasteiger partial charge on any atom is -0.378 e. The van der Waals surface area contributed by atoms with Crippen LogP contribution >= 0.6 is 0 Å². The number of hydrogen-bond donors (Lipinski definition) is 1. The molecule has 0 aliphatic carbocycles. The third-order valence-corrected chi connectivity index (χ3v) is 4.03. The van der Waals surface area contributed by atoms with E-state index < -0.39 is 0 Å². The van der Waals surface area contributed by atoms with E-state index in [9.17, 15) is 9.59 Å². The lowest BCUT2D eigenvalue weighted by atomic mass is 10.1. The molecule has 1 fully saturated rings. The van der Waals surface area contributed by atoms with Gasteiger partial charge in [-0.3, -0.25) is 14.6 Å². The first-order valence-corrected chi connectivity index (χ1v) is 7.46. The second-order valence-corrected chi connectivity index (χ2v) is 5.87. The van der Waals surface area contributed by atoms with E-state index in [4.69, 9.17) is 0 Å². The molecule has 0 aromatic heterocycles. The standard InChI is InChI=1S/C16H24N4O2/c1-12(15(21)20-10-9-17-16(20)22)19(4)11-13-5-7-14(8-6-13)18(2)3/h5-8,12H,9-11H2,1-4H3,(H,17,22)/t12-/m0/s1. The van der Waals surface area contributed by atoms with E-state index in [-0.39, 0.29) is 18.0 Å². The van der Waals surface area contributed by atoms with Crippen molar-refractivity contribution in [1.29, 1.82) is 0 Å². The number of urea groups is 1. The van der Waals surface area contributed by atoms with Crippen molar-refractivity contribution in [3.8, 4) is 0 Å². The fraction of sp³-hybridized carbons (Fsp3) is 0.500. The Morgan fingerprint density at radius 3 is 2.41 bits per heavy atom. The molecule has 120 valence electrons. The van der Waals surface area contributed by atoms with Crippen LogP contribution in [-0.2, 0) is 11.3 Å². The van der Waals surface area contributed by atoms with Gasteiger partial charge < -0.3 is 10.2 Å². The quantitative estimate of drug-likeness (QED) is 0.886.